The number of nitrogens with one attached hydrogen (secondary N) is 1. The highest BCUT2D eigenvalue weighted by atomic mass is 16.3. The van der Waals surface area contributed by atoms with E-state index < -0.39 is 0 Å². The molecule has 0 unspecified atom stereocenters. The summed E-state index contributed by atoms with van der Waals surface area (Å²) in [5.41, 5.74) is 1.93. The van der Waals surface area contributed by atoms with E-state index in [0.717, 1.165) is 5.52 Å². The number of carbonyl (C=O) groups excluding carboxylic acids is 1. The molecule has 0 saturated carbocycles. The number of phenols is 1. The first-order valence-electron chi connectivity index (χ1n) is 6.14. The number of nitrogens with zero attached hydrogens (tertiary/aromatic N) is 1. The number of oxazole rings is 1. The molecular weight excluding hydrogens is 256 g/mol. The van der Waals surface area contributed by atoms with Gasteiger partial charge in [0.2, 0.25) is 5.89 Å². The zero-order chi connectivity index (χ0) is 13.9. The minimum Gasteiger partial charge on any atom is -0.508 e. The smallest absolute Gasteiger partial charge is 0.251 e. The zero-order valence-electron chi connectivity index (χ0n) is 10.5. The summed E-state index contributed by atoms with van der Waals surface area (Å²) < 4.78 is 5.51. The molecule has 100 valence electrons. The number of fused-ring (bicyclic) bond motifs is 1. The molecule has 1 amide bonds. The van der Waals surface area contributed by atoms with Gasteiger partial charge in [-0.1, -0.05) is 12.1 Å². The van der Waals surface area contributed by atoms with Gasteiger partial charge in [0.05, 0.1) is 6.54 Å². The second-order valence-corrected chi connectivity index (χ2v) is 4.30. The molecule has 5 nitrogen and oxygen atoms in total. The van der Waals surface area contributed by atoms with Crippen molar-refractivity contribution in [3.05, 3.63) is 60.0 Å². The number of para-hydroxylation sites is 2. The third-order valence-corrected chi connectivity index (χ3v) is 2.87. The fourth-order valence-electron chi connectivity index (χ4n) is 1.87. The average Bonchev–Trinajstić information content (AvgIpc) is 2.88. The molecular formula is C15H12N2O3. The Morgan fingerprint density at radius 2 is 1.90 bits per heavy atom. The fourth-order valence-corrected chi connectivity index (χ4v) is 1.87. The molecule has 2 N–H and O–H groups in total. The van der Waals surface area contributed by atoms with Crippen LogP contribution in [0.1, 0.15) is 16.2 Å². The van der Waals surface area contributed by atoms with Crippen LogP contribution in [-0.4, -0.2) is 16.0 Å². The van der Waals surface area contributed by atoms with Crippen molar-refractivity contribution in [1.29, 1.82) is 0 Å². The Kier molecular flexibility index (Phi) is 3.09. The van der Waals surface area contributed by atoms with Crippen molar-refractivity contribution < 1.29 is 14.3 Å². The quantitative estimate of drug-likeness (QED) is 0.765. The lowest BCUT2D eigenvalue weighted by Gasteiger charge is -2.02. The Balaban J connectivity index is 1.69. The van der Waals surface area contributed by atoms with Crippen molar-refractivity contribution in [2.75, 3.05) is 0 Å². The molecule has 0 atom stereocenters. The van der Waals surface area contributed by atoms with Crippen LogP contribution < -0.4 is 5.32 Å². The number of phenolic OH excluding ortho intramolecular Hbond substituents is 1. The highest BCUT2D eigenvalue weighted by molar-refractivity contribution is 5.94. The Morgan fingerprint density at radius 3 is 2.65 bits per heavy atom. The van der Waals surface area contributed by atoms with Gasteiger partial charge >= 0.3 is 0 Å². The third kappa shape index (κ3) is 2.47. The lowest BCUT2D eigenvalue weighted by molar-refractivity contribution is 0.0947. The predicted octanol–water partition coefficient (Wildman–Crippen LogP) is 2.46. The number of amides is 1. The van der Waals surface area contributed by atoms with Gasteiger partial charge in [0, 0.05) is 5.56 Å². The fraction of sp³-hybridized carbons (Fsp3) is 0.0667. The van der Waals surface area contributed by atoms with Gasteiger partial charge < -0.3 is 14.8 Å². The van der Waals surface area contributed by atoms with Gasteiger partial charge in [-0.3, -0.25) is 4.79 Å². The second kappa shape index (κ2) is 5.05. The van der Waals surface area contributed by atoms with Crippen LogP contribution in [-0.2, 0) is 6.54 Å². The monoisotopic (exact) mass is 268 g/mol. The van der Waals surface area contributed by atoms with Gasteiger partial charge in [-0.15, -0.1) is 0 Å². The minimum atomic E-state index is -0.243. The lowest BCUT2D eigenvalue weighted by Crippen LogP contribution is -2.22. The lowest BCUT2D eigenvalue weighted by atomic mass is 10.2. The Hall–Kier alpha value is -2.82. The largest absolute Gasteiger partial charge is 0.508 e. The van der Waals surface area contributed by atoms with Gasteiger partial charge in [0.15, 0.2) is 5.58 Å². The Labute approximate surface area is 114 Å². The summed E-state index contributed by atoms with van der Waals surface area (Å²) in [6.07, 6.45) is 0. The first-order chi connectivity index (χ1) is 9.72. The molecule has 1 aromatic heterocycles. The van der Waals surface area contributed by atoms with Crippen molar-refractivity contribution in [1.82, 2.24) is 10.3 Å². The SMILES string of the molecule is O=C(NCc1nc2ccccc2o1)c1ccc(O)cc1. The van der Waals surface area contributed by atoms with Crippen LogP contribution >= 0.6 is 0 Å². The van der Waals surface area contributed by atoms with Crippen LogP contribution in [0.3, 0.4) is 0 Å². The van der Waals surface area contributed by atoms with Crippen molar-refractivity contribution in [3.8, 4) is 5.75 Å². The molecule has 2 aromatic carbocycles. The summed E-state index contributed by atoms with van der Waals surface area (Å²) in [6.45, 7) is 0.217. The van der Waals surface area contributed by atoms with Crippen molar-refractivity contribution in [2.24, 2.45) is 0 Å². The van der Waals surface area contributed by atoms with E-state index in [1.54, 1.807) is 12.1 Å². The summed E-state index contributed by atoms with van der Waals surface area (Å²) in [7, 11) is 0. The number of benzene rings is 2. The van der Waals surface area contributed by atoms with Gasteiger partial charge in [0.1, 0.15) is 11.3 Å². The van der Waals surface area contributed by atoms with E-state index in [9.17, 15) is 9.90 Å². The van der Waals surface area contributed by atoms with Crippen LogP contribution in [0.15, 0.2) is 52.9 Å². The van der Waals surface area contributed by atoms with E-state index in [4.69, 9.17) is 4.42 Å². The van der Waals surface area contributed by atoms with E-state index in [-0.39, 0.29) is 18.2 Å². The molecule has 5 heteroatoms. The third-order valence-electron chi connectivity index (χ3n) is 2.87. The molecule has 3 rings (SSSR count). The van der Waals surface area contributed by atoms with E-state index in [2.05, 4.69) is 10.3 Å². The van der Waals surface area contributed by atoms with Gasteiger partial charge in [0.25, 0.3) is 5.91 Å². The molecule has 20 heavy (non-hydrogen) atoms. The maximum absolute atomic E-state index is 11.9. The highest BCUT2D eigenvalue weighted by Gasteiger charge is 2.08. The molecule has 1 heterocycles. The number of hydrogen-bond donors (Lipinski definition) is 2. The van der Waals surface area contributed by atoms with Gasteiger partial charge in [-0.05, 0) is 36.4 Å². The Morgan fingerprint density at radius 1 is 1.15 bits per heavy atom. The summed E-state index contributed by atoms with van der Waals surface area (Å²) in [5, 5.41) is 11.9. The second-order valence-electron chi connectivity index (χ2n) is 4.30. The number of hydrogen-bond acceptors (Lipinski definition) is 4. The van der Waals surface area contributed by atoms with E-state index >= 15 is 0 Å². The maximum Gasteiger partial charge on any atom is 0.251 e. The minimum absolute atomic E-state index is 0.125. The molecule has 0 aliphatic carbocycles. The zero-order valence-corrected chi connectivity index (χ0v) is 10.5. The van der Waals surface area contributed by atoms with E-state index in [0.29, 0.717) is 17.0 Å². The highest BCUT2D eigenvalue weighted by Crippen LogP contribution is 2.14. The van der Waals surface area contributed by atoms with Crippen LogP contribution in [0.4, 0.5) is 0 Å². The predicted molar refractivity (Wildman–Crippen MR) is 73.3 cm³/mol. The first-order valence-corrected chi connectivity index (χ1v) is 6.14. The summed E-state index contributed by atoms with van der Waals surface area (Å²) >= 11 is 0. The number of carbonyl (C=O) groups is 1. The molecule has 0 fully saturated rings. The van der Waals surface area contributed by atoms with Crippen molar-refractivity contribution in [3.63, 3.8) is 0 Å². The maximum atomic E-state index is 11.9. The topological polar surface area (TPSA) is 75.4 Å². The molecule has 3 aromatic rings. The van der Waals surface area contributed by atoms with Crippen LogP contribution in [0.2, 0.25) is 0 Å². The van der Waals surface area contributed by atoms with E-state index in [1.807, 2.05) is 24.3 Å². The van der Waals surface area contributed by atoms with Crippen LogP contribution in [0.5, 0.6) is 5.75 Å². The molecule has 0 spiro atoms. The standard InChI is InChI=1S/C15H12N2O3/c18-11-7-5-10(6-8-11)15(19)16-9-14-17-12-3-1-2-4-13(12)20-14/h1-8,18H,9H2,(H,16,19). The molecule has 0 aliphatic rings. The van der Waals surface area contributed by atoms with Crippen LogP contribution in [0.25, 0.3) is 11.1 Å². The van der Waals surface area contributed by atoms with Crippen molar-refractivity contribution >= 4 is 17.0 Å². The Bertz CT molecular complexity index is 714. The van der Waals surface area contributed by atoms with Gasteiger partial charge in [-0.25, -0.2) is 4.98 Å². The average molecular weight is 268 g/mol. The summed E-state index contributed by atoms with van der Waals surface area (Å²) in [5.74, 6) is 0.339. The summed E-state index contributed by atoms with van der Waals surface area (Å²) in [6, 6.07) is 13.5. The number of aromatic nitrogens is 1. The van der Waals surface area contributed by atoms with Crippen molar-refractivity contribution in [2.45, 2.75) is 6.54 Å². The molecule has 0 radical (unpaired) electrons. The van der Waals surface area contributed by atoms with Gasteiger partial charge in [-0.2, -0.15) is 0 Å². The first kappa shape index (κ1) is 12.2. The molecule has 0 aliphatic heterocycles. The number of rotatable bonds is 3. The normalized spacial score (nSPS) is 10.6. The number of aromatic hydroxyl groups is 1. The summed E-state index contributed by atoms with van der Waals surface area (Å²) in [4.78, 5) is 16.2. The van der Waals surface area contributed by atoms with E-state index in [1.165, 1.54) is 12.1 Å². The van der Waals surface area contributed by atoms with Crippen LogP contribution in [0, 0.1) is 0 Å². The molecule has 0 saturated heterocycles. The molecule has 0 bridgehead atoms.